The molecule has 3 nitrogen and oxygen atoms in total. The van der Waals surface area contributed by atoms with Crippen molar-refractivity contribution in [3.63, 3.8) is 0 Å². The fourth-order valence-corrected chi connectivity index (χ4v) is 3.74. The first-order chi connectivity index (χ1) is 12.8. The maximum absolute atomic E-state index is 13.0. The van der Waals surface area contributed by atoms with Gasteiger partial charge in [0.25, 0.3) is 0 Å². The van der Waals surface area contributed by atoms with Crippen LogP contribution in [-0.2, 0) is 0 Å². The van der Waals surface area contributed by atoms with Crippen LogP contribution >= 0.6 is 0 Å². The van der Waals surface area contributed by atoms with Gasteiger partial charge in [-0.1, -0.05) is 24.3 Å². The summed E-state index contributed by atoms with van der Waals surface area (Å²) in [5.41, 5.74) is 9.28. The first kappa shape index (κ1) is 17.6. The van der Waals surface area contributed by atoms with E-state index in [0.29, 0.717) is 11.4 Å². The number of benzene rings is 2. The average Bonchev–Trinajstić information content (AvgIpc) is 2.60. The van der Waals surface area contributed by atoms with E-state index in [2.05, 4.69) is 4.98 Å². The standard InChI is InChI=1S/C22H20F2N2O/c1-13-2-3-17(20(27)6-14-10-22(23,24)11-14)8-19(13)16-5-4-15-9-21(25)26-12-18(15)7-16/h2-5,7-9,12,14H,6,10-11H2,1H3,(H2,25,26). The number of aryl methyl sites for hydroxylation is 1. The molecule has 0 saturated heterocycles. The molecule has 4 rings (SSSR count). The van der Waals surface area contributed by atoms with Gasteiger partial charge in [0.2, 0.25) is 5.92 Å². The summed E-state index contributed by atoms with van der Waals surface area (Å²) in [5, 5.41) is 1.97. The molecule has 1 heterocycles. The molecule has 0 radical (unpaired) electrons. The van der Waals surface area contributed by atoms with Crippen molar-refractivity contribution in [3.8, 4) is 11.1 Å². The van der Waals surface area contributed by atoms with E-state index in [1.54, 1.807) is 12.3 Å². The Labute approximate surface area is 156 Å². The van der Waals surface area contributed by atoms with Crippen molar-refractivity contribution in [2.45, 2.75) is 32.1 Å². The number of hydrogen-bond donors (Lipinski definition) is 1. The molecule has 5 heteroatoms. The van der Waals surface area contributed by atoms with E-state index < -0.39 is 5.92 Å². The number of rotatable bonds is 4. The smallest absolute Gasteiger partial charge is 0.248 e. The third-order valence-corrected chi connectivity index (χ3v) is 5.26. The highest BCUT2D eigenvalue weighted by Crippen LogP contribution is 2.44. The normalized spacial score (nSPS) is 16.3. The van der Waals surface area contributed by atoms with Crippen LogP contribution in [0.15, 0.2) is 48.7 Å². The Morgan fingerprint density at radius 3 is 2.67 bits per heavy atom. The minimum absolute atomic E-state index is 0.0769. The van der Waals surface area contributed by atoms with Gasteiger partial charge in [-0.25, -0.2) is 13.8 Å². The maximum Gasteiger partial charge on any atom is 0.248 e. The van der Waals surface area contributed by atoms with Gasteiger partial charge in [-0.15, -0.1) is 0 Å². The number of Topliss-reactive ketones (excluding diaryl/α,β-unsaturated/α-hetero) is 1. The molecule has 0 bridgehead atoms. The number of ketones is 1. The van der Waals surface area contributed by atoms with Gasteiger partial charge in [-0.3, -0.25) is 4.79 Å². The number of carbonyl (C=O) groups is 1. The summed E-state index contributed by atoms with van der Waals surface area (Å²) in [6.07, 6.45) is 1.55. The number of hydrogen-bond acceptors (Lipinski definition) is 3. The number of carbonyl (C=O) groups excluding carboxylic acids is 1. The Hall–Kier alpha value is -2.82. The molecule has 2 aromatic carbocycles. The van der Waals surface area contributed by atoms with Gasteiger partial charge in [0.1, 0.15) is 5.82 Å². The van der Waals surface area contributed by atoms with Crippen LogP contribution in [0, 0.1) is 12.8 Å². The zero-order chi connectivity index (χ0) is 19.2. The number of nitrogens with zero attached hydrogens (tertiary/aromatic N) is 1. The van der Waals surface area contributed by atoms with Crippen LogP contribution in [-0.4, -0.2) is 16.7 Å². The lowest BCUT2D eigenvalue weighted by molar-refractivity contribution is -0.109. The first-order valence-corrected chi connectivity index (χ1v) is 8.98. The third-order valence-electron chi connectivity index (χ3n) is 5.26. The van der Waals surface area contributed by atoms with E-state index >= 15 is 0 Å². The predicted molar refractivity (Wildman–Crippen MR) is 103 cm³/mol. The average molecular weight is 366 g/mol. The van der Waals surface area contributed by atoms with Crippen LogP contribution < -0.4 is 5.73 Å². The van der Waals surface area contributed by atoms with Gasteiger partial charge in [-0.2, -0.15) is 0 Å². The van der Waals surface area contributed by atoms with Crippen molar-refractivity contribution >= 4 is 22.4 Å². The van der Waals surface area contributed by atoms with E-state index in [0.717, 1.165) is 27.5 Å². The SMILES string of the molecule is Cc1ccc(C(=O)CC2CC(F)(F)C2)cc1-c1ccc2cc(N)ncc2c1. The van der Waals surface area contributed by atoms with Crippen LogP contribution in [0.2, 0.25) is 0 Å². The molecule has 3 aromatic rings. The minimum atomic E-state index is -2.59. The van der Waals surface area contributed by atoms with E-state index in [1.807, 2.05) is 43.3 Å². The van der Waals surface area contributed by atoms with Crippen LogP contribution in [0.25, 0.3) is 21.9 Å². The zero-order valence-corrected chi connectivity index (χ0v) is 15.0. The Balaban J connectivity index is 1.62. The van der Waals surface area contributed by atoms with Crippen molar-refractivity contribution in [1.29, 1.82) is 0 Å². The number of pyridine rings is 1. The van der Waals surface area contributed by atoms with Crippen LogP contribution in [0.5, 0.6) is 0 Å². The Bertz CT molecular complexity index is 1040. The number of anilines is 1. The van der Waals surface area contributed by atoms with Crippen LogP contribution in [0.3, 0.4) is 0 Å². The van der Waals surface area contributed by atoms with E-state index in [1.165, 1.54) is 0 Å². The number of alkyl halides is 2. The molecule has 0 amide bonds. The van der Waals surface area contributed by atoms with E-state index in [9.17, 15) is 13.6 Å². The summed E-state index contributed by atoms with van der Waals surface area (Å²) in [7, 11) is 0. The molecule has 1 aliphatic rings. The number of aromatic nitrogens is 1. The second-order valence-electron chi connectivity index (χ2n) is 7.46. The second-order valence-corrected chi connectivity index (χ2v) is 7.46. The molecular formula is C22H20F2N2O. The first-order valence-electron chi connectivity index (χ1n) is 8.98. The highest BCUT2D eigenvalue weighted by molar-refractivity contribution is 5.98. The number of halogens is 2. The molecule has 27 heavy (non-hydrogen) atoms. The lowest BCUT2D eigenvalue weighted by atomic mass is 9.77. The van der Waals surface area contributed by atoms with Crippen molar-refractivity contribution in [3.05, 3.63) is 59.8 Å². The molecule has 0 unspecified atom stereocenters. The summed E-state index contributed by atoms with van der Waals surface area (Å²) in [6, 6.07) is 13.4. The number of fused-ring (bicyclic) bond motifs is 1. The van der Waals surface area contributed by atoms with Gasteiger partial charge < -0.3 is 5.73 Å². The molecular weight excluding hydrogens is 346 g/mol. The second kappa shape index (κ2) is 6.41. The van der Waals surface area contributed by atoms with Gasteiger partial charge in [0, 0.05) is 36.4 Å². The van der Waals surface area contributed by atoms with Gasteiger partial charge in [-0.05, 0) is 53.1 Å². The van der Waals surface area contributed by atoms with Crippen LogP contribution in [0.4, 0.5) is 14.6 Å². The fraction of sp³-hybridized carbons (Fsp3) is 0.273. The summed E-state index contributed by atoms with van der Waals surface area (Å²) in [6.45, 7) is 1.99. The summed E-state index contributed by atoms with van der Waals surface area (Å²) in [5.74, 6) is -2.41. The third kappa shape index (κ3) is 3.54. The van der Waals surface area contributed by atoms with Crippen molar-refractivity contribution in [1.82, 2.24) is 4.98 Å². The van der Waals surface area contributed by atoms with Crippen LogP contribution in [0.1, 0.15) is 35.2 Å². The zero-order valence-electron chi connectivity index (χ0n) is 15.0. The molecule has 1 fully saturated rings. The Morgan fingerprint density at radius 1 is 1.15 bits per heavy atom. The number of nitrogen functional groups attached to an aromatic ring is 1. The molecule has 1 aliphatic carbocycles. The van der Waals surface area contributed by atoms with Crippen molar-refractivity contribution in [2.24, 2.45) is 5.92 Å². The van der Waals surface area contributed by atoms with Crippen molar-refractivity contribution < 1.29 is 13.6 Å². The summed E-state index contributed by atoms with van der Waals surface area (Å²) < 4.78 is 26.0. The van der Waals surface area contributed by atoms with E-state index in [-0.39, 0.29) is 31.0 Å². The lowest BCUT2D eigenvalue weighted by Gasteiger charge is -2.34. The summed E-state index contributed by atoms with van der Waals surface area (Å²) in [4.78, 5) is 16.7. The molecule has 1 aromatic heterocycles. The molecule has 2 N–H and O–H groups in total. The van der Waals surface area contributed by atoms with Gasteiger partial charge in [0.05, 0.1) is 0 Å². The summed E-state index contributed by atoms with van der Waals surface area (Å²) >= 11 is 0. The molecule has 0 atom stereocenters. The fourth-order valence-electron chi connectivity index (χ4n) is 3.74. The largest absolute Gasteiger partial charge is 0.384 e. The Morgan fingerprint density at radius 2 is 1.93 bits per heavy atom. The Kier molecular flexibility index (Phi) is 4.17. The maximum atomic E-state index is 13.0. The molecule has 1 saturated carbocycles. The highest BCUT2D eigenvalue weighted by atomic mass is 19.3. The lowest BCUT2D eigenvalue weighted by Crippen LogP contribution is -2.36. The minimum Gasteiger partial charge on any atom is -0.384 e. The number of nitrogens with two attached hydrogens (primary N) is 1. The molecule has 138 valence electrons. The van der Waals surface area contributed by atoms with Gasteiger partial charge >= 0.3 is 0 Å². The monoisotopic (exact) mass is 366 g/mol. The topological polar surface area (TPSA) is 56.0 Å². The quantitative estimate of drug-likeness (QED) is 0.628. The molecule has 0 aliphatic heterocycles. The molecule has 0 spiro atoms. The van der Waals surface area contributed by atoms with Gasteiger partial charge in [0.15, 0.2) is 5.78 Å². The van der Waals surface area contributed by atoms with Crippen molar-refractivity contribution in [2.75, 3.05) is 5.73 Å². The van der Waals surface area contributed by atoms with E-state index in [4.69, 9.17) is 5.73 Å². The predicted octanol–water partition coefficient (Wildman–Crippen LogP) is 5.41. The highest BCUT2D eigenvalue weighted by Gasteiger charge is 2.45.